The fraction of sp³-hybridized carbons (Fsp3) is 1.00. The molecule has 1 heteroatoms. The number of nitrogens with zero attached hydrogens (tertiary/aromatic N) is 1. The molecule has 4 aliphatic carbocycles. The summed E-state index contributed by atoms with van der Waals surface area (Å²) in [6.07, 6.45) is 5.77. The first-order valence-corrected chi connectivity index (χ1v) is 7.48. The Bertz CT molecular complexity index is 323. The molecule has 0 radical (unpaired) electrons. The minimum absolute atomic E-state index is 0.520. The molecule has 0 N–H and O–H groups in total. The number of fused-ring (bicyclic) bond motifs is 1. The first-order chi connectivity index (χ1) is 7.89. The minimum atomic E-state index is 0.520. The van der Waals surface area contributed by atoms with Crippen molar-refractivity contribution in [3.05, 3.63) is 5.32 Å². The summed E-state index contributed by atoms with van der Waals surface area (Å²) in [4.78, 5) is 0. The van der Waals surface area contributed by atoms with Crippen molar-refractivity contribution in [1.29, 1.82) is 0 Å². The molecule has 4 rings (SSSR count). The van der Waals surface area contributed by atoms with Gasteiger partial charge in [-0.2, -0.15) is 7.05 Å². The molecule has 0 heterocycles. The highest BCUT2D eigenvalue weighted by Crippen LogP contribution is 2.70. The van der Waals surface area contributed by atoms with E-state index in [2.05, 4.69) is 27.7 Å². The molecule has 4 fully saturated rings. The van der Waals surface area contributed by atoms with E-state index in [9.17, 15) is 0 Å². The van der Waals surface area contributed by atoms with Crippen molar-refractivity contribution in [3.8, 4) is 0 Å². The van der Waals surface area contributed by atoms with E-state index in [1.807, 2.05) is 7.05 Å². The smallest absolute Gasteiger partial charge is 0.0288 e. The van der Waals surface area contributed by atoms with Crippen molar-refractivity contribution in [2.75, 3.05) is 7.05 Å². The minimum Gasteiger partial charge on any atom is -0.662 e. The maximum atomic E-state index is 4.70. The quantitative estimate of drug-likeness (QED) is 0.669. The van der Waals surface area contributed by atoms with Crippen LogP contribution >= 0.6 is 0 Å². The summed E-state index contributed by atoms with van der Waals surface area (Å²) < 4.78 is 0. The van der Waals surface area contributed by atoms with E-state index in [1.54, 1.807) is 0 Å². The van der Waals surface area contributed by atoms with E-state index in [0.29, 0.717) is 16.9 Å². The van der Waals surface area contributed by atoms with E-state index in [4.69, 9.17) is 5.32 Å². The highest BCUT2D eigenvalue weighted by Gasteiger charge is 2.62. The van der Waals surface area contributed by atoms with E-state index in [0.717, 1.165) is 23.7 Å². The van der Waals surface area contributed by atoms with Crippen molar-refractivity contribution in [3.63, 3.8) is 0 Å². The summed E-state index contributed by atoms with van der Waals surface area (Å²) in [7, 11) is 2.04. The van der Waals surface area contributed by atoms with Gasteiger partial charge in [0, 0.05) is 0 Å². The van der Waals surface area contributed by atoms with Crippen LogP contribution in [-0.4, -0.2) is 13.1 Å². The van der Waals surface area contributed by atoms with Crippen LogP contribution in [0.4, 0.5) is 0 Å². The van der Waals surface area contributed by atoms with Gasteiger partial charge in [-0.25, -0.2) is 0 Å². The van der Waals surface area contributed by atoms with E-state index in [-0.39, 0.29) is 0 Å². The Morgan fingerprint density at radius 3 is 2.35 bits per heavy atom. The van der Waals surface area contributed by atoms with Crippen LogP contribution in [0.15, 0.2) is 0 Å². The van der Waals surface area contributed by atoms with Gasteiger partial charge in [0.2, 0.25) is 0 Å². The summed E-state index contributed by atoms with van der Waals surface area (Å²) in [6, 6.07) is 0.655. The van der Waals surface area contributed by atoms with Crippen LogP contribution in [0, 0.1) is 34.5 Å². The van der Waals surface area contributed by atoms with Crippen LogP contribution in [-0.2, 0) is 0 Å². The lowest BCUT2D eigenvalue weighted by Crippen LogP contribution is -2.53. The summed E-state index contributed by atoms with van der Waals surface area (Å²) in [5.74, 6) is 3.86. The van der Waals surface area contributed by atoms with Crippen molar-refractivity contribution in [1.82, 2.24) is 0 Å². The van der Waals surface area contributed by atoms with Crippen LogP contribution in [0.5, 0.6) is 0 Å². The van der Waals surface area contributed by atoms with Crippen LogP contribution in [0.2, 0.25) is 0 Å². The Balaban J connectivity index is 1.94. The highest BCUT2D eigenvalue weighted by atomic mass is 14.9. The zero-order valence-corrected chi connectivity index (χ0v) is 12.2. The molecule has 4 bridgehead atoms. The zero-order valence-electron chi connectivity index (χ0n) is 12.2. The van der Waals surface area contributed by atoms with Gasteiger partial charge >= 0.3 is 0 Å². The van der Waals surface area contributed by atoms with Crippen LogP contribution in [0.1, 0.15) is 53.4 Å². The molecule has 1 nitrogen and oxygen atoms in total. The lowest BCUT2D eigenvalue weighted by molar-refractivity contribution is -0.0516. The van der Waals surface area contributed by atoms with Crippen LogP contribution in [0.3, 0.4) is 0 Å². The molecule has 0 aromatic carbocycles. The molecule has 0 aromatic heterocycles. The number of rotatable bonds is 2. The zero-order chi connectivity index (χ0) is 12.4. The lowest BCUT2D eigenvalue weighted by atomic mass is 9.49. The second-order valence-electron chi connectivity index (χ2n) is 8.08. The monoisotopic (exact) mass is 234 g/mol. The third-order valence-corrected chi connectivity index (χ3v) is 6.62. The van der Waals surface area contributed by atoms with E-state index < -0.39 is 0 Å². The topological polar surface area (TPSA) is 14.1 Å². The Hall–Kier alpha value is -0.0400. The highest BCUT2D eigenvalue weighted by molar-refractivity contribution is 5.18. The van der Waals surface area contributed by atoms with Gasteiger partial charge in [0.05, 0.1) is 0 Å². The molecule has 0 amide bonds. The summed E-state index contributed by atoms with van der Waals surface area (Å²) in [5.41, 5.74) is 1.17. The van der Waals surface area contributed by atoms with Gasteiger partial charge in [-0.05, 0) is 53.8 Å². The van der Waals surface area contributed by atoms with Gasteiger partial charge in [-0.3, -0.25) is 0 Å². The largest absolute Gasteiger partial charge is 0.662 e. The van der Waals surface area contributed by atoms with E-state index >= 15 is 0 Å². The summed E-state index contributed by atoms with van der Waals surface area (Å²) in [6.45, 7) is 9.98. The fourth-order valence-electron chi connectivity index (χ4n) is 6.07. The van der Waals surface area contributed by atoms with Gasteiger partial charge in [0.1, 0.15) is 0 Å². The molecule has 6 atom stereocenters. The van der Waals surface area contributed by atoms with E-state index in [1.165, 1.54) is 25.7 Å². The average Bonchev–Trinajstić information content (AvgIpc) is 2.43. The molecular weight excluding hydrogens is 206 g/mol. The molecule has 5 unspecified atom stereocenters. The molecular formula is C16H28N-. The second-order valence-corrected chi connectivity index (χ2v) is 8.08. The summed E-state index contributed by atoms with van der Waals surface area (Å²) >= 11 is 0. The standard InChI is InChI=1S/C16H28N/c1-10(2)11-7-15(3)9-16(4)8-12(11)13(15)6-14(16)17-5/h10-14H,6-9H2,1-5H3/q-1/t11-,12?,13?,14?,15?,16?/m1/s1. The van der Waals surface area contributed by atoms with Crippen molar-refractivity contribution in [2.45, 2.75) is 59.4 Å². The first kappa shape index (κ1) is 12.0. The van der Waals surface area contributed by atoms with Gasteiger partial charge in [0.15, 0.2) is 0 Å². The lowest BCUT2D eigenvalue weighted by Gasteiger charge is -2.63. The first-order valence-electron chi connectivity index (χ1n) is 7.48. The Labute approximate surface area is 107 Å². The molecule has 4 aliphatic rings. The molecule has 0 aliphatic heterocycles. The SMILES string of the molecule is C[N-]C1CC2C3CC1(C)CC2(C)C[C@@H]3C(C)C. The Morgan fingerprint density at radius 2 is 1.82 bits per heavy atom. The second kappa shape index (κ2) is 3.50. The maximum Gasteiger partial charge on any atom is -0.0288 e. The van der Waals surface area contributed by atoms with Crippen LogP contribution < -0.4 is 0 Å². The normalized spacial score (nSPS) is 56.8. The van der Waals surface area contributed by atoms with Gasteiger partial charge in [-0.15, -0.1) is 6.04 Å². The Morgan fingerprint density at radius 1 is 1.12 bits per heavy atom. The third-order valence-electron chi connectivity index (χ3n) is 6.62. The molecule has 17 heavy (non-hydrogen) atoms. The van der Waals surface area contributed by atoms with Crippen molar-refractivity contribution < 1.29 is 0 Å². The molecule has 0 spiro atoms. The predicted molar refractivity (Wildman–Crippen MR) is 73.1 cm³/mol. The fourth-order valence-corrected chi connectivity index (χ4v) is 6.07. The van der Waals surface area contributed by atoms with Crippen molar-refractivity contribution in [2.24, 2.45) is 34.5 Å². The third kappa shape index (κ3) is 1.47. The van der Waals surface area contributed by atoms with Gasteiger partial charge in [-0.1, -0.05) is 34.1 Å². The Kier molecular flexibility index (Phi) is 2.47. The molecule has 0 saturated heterocycles. The van der Waals surface area contributed by atoms with Gasteiger partial charge < -0.3 is 5.32 Å². The number of hydrogen-bond donors (Lipinski definition) is 0. The molecule has 4 saturated carbocycles. The van der Waals surface area contributed by atoms with Gasteiger partial charge in [0.25, 0.3) is 0 Å². The summed E-state index contributed by atoms with van der Waals surface area (Å²) in [5, 5.41) is 4.70. The predicted octanol–water partition coefficient (Wildman–Crippen LogP) is 4.48. The molecule has 0 aromatic rings. The molecule has 98 valence electrons. The average molecular weight is 234 g/mol. The van der Waals surface area contributed by atoms with Crippen molar-refractivity contribution >= 4 is 0 Å². The maximum absolute atomic E-state index is 4.70. The number of hydrogen-bond acceptors (Lipinski definition) is 0. The van der Waals surface area contributed by atoms with Crippen LogP contribution in [0.25, 0.3) is 5.32 Å².